The second-order valence-corrected chi connectivity index (χ2v) is 5.34. The van der Waals surface area contributed by atoms with Crippen molar-refractivity contribution in [2.24, 2.45) is 5.92 Å². The fourth-order valence-electron chi connectivity index (χ4n) is 2.61. The first-order valence-corrected chi connectivity index (χ1v) is 6.77. The Labute approximate surface area is 105 Å². The summed E-state index contributed by atoms with van der Waals surface area (Å²) in [6.07, 6.45) is 1.25. The van der Waals surface area contributed by atoms with Gasteiger partial charge in [-0.1, -0.05) is 44.2 Å². The highest BCUT2D eigenvalue weighted by Crippen LogP contribution is 2.27. The molecule has 2 nitrogen and oxygen atoms in total. The van der Waals surface area contributed by atoms with Gasteiger partial charge < -0.3 is 5.32 Å². The van der Waals surface area contributed by atoms with Crippen LogP contribution in [0.25, 0.3) is 0 Å². The summed E-state index contributed by atoms with van der Waals surface area (Å²) < 4.78 is 0. The van der Waals surface area contributed by atoms with Gasteiger partial charge in [-0.2, -0.15) is 0 Å². The van der Waals surface area contributed by atoms with Crippen LogP contribution in [0.5, 0.6) is 0 Å². The average Bonchev–Trinajstić information content (AvgIpc) is 2.38. The van der Waals surface area contributed by atoms with Gasteiger partial charge in [0.1, 0.15) is 0 Å². The predicted octanol–water partition coefficient (Wildman–Crippen LogP) is 2.68. The molecule has 17 heavy (non-hydrogen) atoms. The van der Waals surface area contributed by atoms with Gasteiger partial charge in [0.25, 0.3) is 0 Å². The first-order valence-electron chi connectivity index (χ1n) is 6.77. The fraction of sp³-hybridized carbons (Fsp3) is 0.600. The Morgan fingerprint density at radius 3 is 2.35 bits per heavy atom. The highest BCUT2D eigenvalue weighted by Gasteiger charge is 2.22. The van der Waals surface area contributed by atoms with Gasteiger partial charge in [0.2, 0.25) is 0 Å². The molecule has 0 aromatic heterocycles. The smallest absolute Gasteiger partial charge is 0.0351 e. The first-order chi connectivity index (χ1) is 8.27. The minimum absolute atomic E-state index is 0.596. The molecule has 1 N–H and O–H groups in total. The van der Waals surface area contributed by atoms with E-state index < -0.39 is 0 Å². The molecule has 0 saturated carbocycles. The maximum absolute atomic E-state index is 3.43. The molecular weight excluding hydrogens is 208 g/mol. The Kier molecular flexibility index (Phi) is 4.57. The van der Waals surface area contributed by atoms with Gasteiger partial charge in [0, 0.05) is 32.2 Å². The second kappa shape index (κ2) is 6.18. The third-order valence-corrected chi connectivity index (χ3v) is 3.47. The zero-order valence-corrected chi connectivity index (χ0v) is 11.0. The SMILES string of the molecule is CC(C)CC(c1ccccc1)N1CCNCC1. The standard InChI is InChI=1S/C15H24N2/c1-13(2)12-15(14-6-4-3-5-7-14)17-10-8-16-9-11-17/h3-7,13,15-16H,8-12H2,1-2H3. The van der Waals surface area contributed by atoms with E-state index in [9.17, 15) is 0 Å². The lowest BCUT2D eigenvalue weighted by Crippen LogP contribution is -2.45. The molecular formula is C15H24N2. The Bertz CT molecular complexity index is 315. The van der Waals surface area contributed by atoms with Crippen molar-refractivity contribution < 1.29 is 0 Å². The van der Waals surface area contributed by atoms with Crippen molar-refractivity contribution in [3.8, 4) is 0 Å². The molecule has 0 amide bonds. The van der Waals surface area contributed by atoms with Crippen molar-refractivity contribution in [2.75, 3.05) is 26.2 Å². The molecule has 1 heterocycles. The van der Waals surface area contributed by atoms with Gasteiger partial charge in [-0.05, 0) is 17.9 Å². The maximum Gasteiger partial charge on any atom is 0.0351 e. The summed E-state index contributed by atoms with van der Waals surface area (Å²) in [6, 6.07) is 11.6. The Morgan fingerprint density at radius 1 is 1.12 bits per heavy atom. The van der Waals surface area contributed by atoms with Crippen LogP contribution in [0.3, 0.4) is 0 Å². The van der Waals surface area contributed by atoms with Crippen molar-refractivity contribution in [1.29, 1.82) is 0 Å². The molecule has 2 rings (SSSR count). The number of benzene rings is 1. The Balaban J connectivity index is 2.12. The van der Waals surface area contributed by atoms with Gasteiger partial charge in [-0.3, -0.25) is 4.90 Å². The van der Waals surface area contributed by atoms with Gasteiger partial charge in [0.15, 0.2) is 0 Å². The Morgan fingerprint density at radius 2 is 1.76 bits per heavy atom. The van der Waals surface area contributed by atoms with Crippen molar-refractivity contribution in [3.63, 3.8) is 0 Å². The highest BCUT2D eigenvalue weighted by molar-refractivity contribution is 5.19. The summed E-state index contributed by atoms with van der Waals surface area (Å²) in [5, 5.41) is 3.43. The molecule has 0 bridgehead atoms. The van der Waals surface area contributed by atoms with E-state index >= 15 is 0 Å². The van der Waals surface area contributed by atoms with E-state index in [0.717, 1.165) is 19.0 Å². The molecule has 1 unspecified atom stereocenters. The minimum atomic E-state index is 0.596. The molecule has 1 aliphatic heterocycles. The molecule has 1 saturated heterocycles. The maximum atomic E-state index is 3.43. The fourth-order valence-corrected chi connectivity index (χ4v) is 2.61. The van der Waals surface area contributed by atoms with Crippen LogP contribution in [-0.2, 0) is 0 Å². The van der Waals surface area contributed by atoms with Gasteiger partial charge >= 0.3 is 0 Å². The third kappa shape index (κ3) is 3.55. The summed E-state index contributed by atoms with van der Waals surface area (Å²) in [4.78, 5) is 2.63. The molecule has 1 aromatic rings. The van der Waals surface area contributed by atoms with E-state index in [1.54, 1.807) is 0 Å². The van der Waals surface area contributed by atoms with Gasteiger partial charge in [-0.25, -0.2) is 0 Å². The van der Waals surface area contributed by atoms with Crippen LogP contribution < -0.4 is 5.32 Å². The minimum Gasteiger partial charge on any atom is -0.314 e. The van der Waals surface area contributed by atoms with Crippen molar-refractivity contribution in [1.82, 2.24) is 10.2 Å². The van der Waals surface area contributed by atoms with Gasteiger partial charge in [0.05, 0.1) is 0 Å². The molecule has 1 atom stereocenters. The van der Waals surface area contributed by atoms with Crippen molar-refractivity contribution in [2.45, 2.75) is 26.3 Å². The topological polar surface area (TPSA) is 15.3 Å². The molecule has 1 fully saturated rings. The monoisotopic (exact) mass is 232 g/mol. The van der Waals surface area contributed by atoms with E-state index in [1.165, 1.54) is 25.1 Å². The highest BCUT2D eigenvalue weighted by atomic mass is 15.2. The lowest BCUT2D eigenvalue weighted by molar-refractivity contribution is 0.154. The van der Waals surface area contributed by atoms with E-state index in [4.69, 9.17) is 0 Å². The molecule has 1 aromatic carbocycles. The normalized spacial score (nSPS) is 19.5. The zero-order chi connectivity index (χ0) is 12.1. The van der Waals surface area contributed by atoms with Crippen molar-refractivity contribution in [3.05, 3.63) is 35.9 Å². The van der Waals surface area contributed by atoms with E-state index in [-0.39, 0.29) is 0 Å². The zero-order valence-electron chi connectivity index (χ0n) is 11.0. The number of piperazine rings is 1. The predicted molar refractivity (Wildman–Crippen MR) is 73.1 cm³/mol. The van der Waals surface area contributed by atoms with E-state index in [2.05, 4.69) is 54.4 Å². The van der Waals surface area contributed by atoms with Crippen LogP contribution in [-0.4, -0.2) is 31.1 Å². The van der Waals surface area contributed by atoms with Crippen LogP contribution in [0.1, 0.15) is 31.9 Å². The lowest BCUT2D eigenvalue weighted by atomic mass is 9.95. The van der Waals surface area contributed by atoms with E-state index in [1.807, 2.05) is 0 Å². The number of hydrogen-bond acceptors (Lipinski definition) is 2. The largest absolute Gasteiger partial charge is 0.314 e. The van der Waals surface area contributed by atoms with Crippen molar-refractivity contribution >= 4 is 0 Å². The summed E-state index contributed by atoms with van der Waals surface area (Å²) >= 11 is 0. The third-order valence-electron chi connectivity index (χ3n) is 3.47. The number of nitrogens with one attached hydrogen (secondary N) is 1. The summed E-state index contributed by atoms with van der Waals surface area (Å²) in [5.41, 5.74) is 1.48. The number of hydrogen-bond donors (Lipinski definition) is 1. The van der Waals surface area contributed by atoms with Crippen LogP contribution in [0.4, 0.5) is 0 Å². The number of rotatable bonds is 4. The molecule has 1 aliphatic rings. The molecule has 94 valence electrons. The average molecular weight is 232 g/mol. The van der Waals surface area contributed by atoms with Crippen LogP contribution >= 0.6 is 0 Å². The van der Waals surface area contributed by atoms with Crippen LogP contribution in [0, 0.1) is 5.92 Å². The Hall–Kier alpha value is -0.860. The molecule has 2 heteroatoms. The summed E-state index contributed by atoms with van der Waals surface area (Å²) in [5.74, 6) is 0.745. The second-order valence-electron chi connectivity index (χ2n) is 5.34. The molecule has 0 aliphatic carbocycles. The molecule has 0 radical (unpaired) electrons. The van der Waals surface area contributed by atoms with Crippen LogP contribution in [0.15, 0.2) is 30.3 Å². The van der Waals surface area contributed by atoms with Gasteiger partial charge in [-0.15, -0.1) is 0 Å². The summed E-state index contributed by atoms with van der Waals surface area (Å²) in [7, 11) is 0. The lowest BCUT2D eigenvalue weighted by Gasteiger charge is -2.36. The van der Waals surface area contributed by atoms with E-state index in [0.29, 0.717) is 6.04 Å². The summed E-state index contributed by atoms with van der Waals surface area (Å²) in [6.45, 7) is 9.23. The first kappa shape index (κ1) is 12.6. The molecule has 0 spiro atoms. The quantitative estimate of drug-likeness (QED) is 0.858. The van der Waals surface area contributed by atoms with Crippen LogP contribution in [0.2, 0.25) is 0 Å². The number of nitrogens with zero attached hydrogens (tertiary/aromatic N) is 1.